The van der Waals surface area contributed by atoms with Crippen molar-refractivity contribution >= 4 is 11.3 Å². The zero-order chi connectivity index (χ0) is 12.1. The van der Waals surface area contributed by atoms with Gasteiger partial charge in [-0.25, -0.2) is 0 Å². The van der Waals surface area contributed by atoms with Crippen LogP contribution in [0, 0.1) is 0 Å². The van der Waals surface area contributed by atoms with E-state index in [-0.39, 0.29) is 5.60 Å². The van der Waals surface area contributed by atoms with Crippen molar-refractivity contribution in [3.8, 4) is 0 Å². The van der Waals surface area contributed by atoms with Crippen molar-refractivity contribution in [3.05, 3.63) is 22.4 Å². The molecule has 2 rings (SSSR count). The standard InChI is InChI=1S/C14H23NOS/c1-3-15-13(12-7-10-17-11-12)14(16-2)8-5-4-6-9-14/h7,10-11,13,15H,3-6,8-9H2,1-2H3. The van der Waals surface area contributed by atoms with Crippen LogP contribution < -0.4 is 5.32 Å². The van der Waals surface area contributed by atoms with Gasteiger partial charge in [0.2, 0.25) is 0 Å². The third-order valence-corrected chi connectivity index (χ3v) is 4.62. The molecule has 0 saturated heterocycles. The molecule has 2 nitrogen and oxygen atoms in total. The van der Waals surface area contributed by atoms with Gasteiger partial charge in [-0.3, -0.25) is 0 Å². The van der Waals surface area contributed by atoms with Crippen LogP contribution in [0.15, 0.2) is 16.8 Å². The van der Waals surface area contributed by atoms with E-state index in [1.54, 1.807) is 11.3 Å². The number of nitrogens with one attached hydrogen (secondary N) is 1. The molecule has 0 bridgehead atoms. The molecule has 0 aromatic carbocycles. The molecule has 1 aliphatic rings. The van der Waals surface area contributed by atoms with E-state index in [1.165, 1.54) is 37.7 Å². The molecule has 1 heterocycles. The first-order valence-corrected chi connectivity index (χ1v) is 7.57. The second-order valence-electron chi connectivity index (χ2n) is 4.88. The van der Waals surface area contributed by atoms with E-state index in [0.717, 1.165) is 6.54 Å². The quantitative estimate of drug-likeness (QED) is 0.863. The van der Waals surface area contributed by atoms with Crippen LogP contribution >= 0.6 is 11.3 Å². The average Bonchev–Trinajstić information content (AvgIpc) is 2.90. The Labute approximate surface area is 108 Å². The molecule has 3 heteroatoms. The van der Waals surface area contributed by atoms with Crippen LogP contribution in [0.25, 0.3) is 0 Å². The molecule has 1 aliphatic carbocycles. The Hall–Kier alpha value is -0.380. The van der Waals surface area contributed by atoms with Gasteiger partial charge < -0.3 is 10.1 Å². The molecule has 1 saturated carbocycles. The van der Waals surface area contributed by atoms with Gasteiger partial charge in [-0.05, 0) is 41.8 Å². The summed E-state index contributed by atoms with van der Waals surface area (Å²) in [5.41, 5.74) is 1.40. The molecule has 0 amide bonds. The number of hydrogen-bond acceptors (Lipinski definition) is 3. The summed E-state index contributed by atoms with van der Waals surface area (Å²) in [7, 11) is 1.88. The van der Waals surface area contributed by atoms with E-state index in [9.17, 15) is 0 Å². The van der Waals surface area contributed by atoms with E-state index in [4.69, 9.17) is 4.74 Å². The fourth-order valence-electron chi connectivity index (χ4n) is 3.01. The zero-order valence-electron chi connectivity index (χ0n) is 10.9. The molecular formula is C14H23NOS. The highest BCUT2D eigenvalue weighted by atomic mass is 32.1. The lowest BCUT2D eigenvalue weighted by atomic mass is 9.77. The van der Waals surface area contributed by atoms with Crippen molar-refractivity contribution in [1.29, 1.82) is 0 Å². The number of thiophene rings is 1. The molecule has 0 spiro atoms. The van der Waals surface area contributed by atoms with E-state index in [2.05, 4.69) is 29.1 Å². The minimum absolute atomic E-state index is 0.00926. The second kappa shape index (κ2) is 5.98. The van der Waals surface area contributed by atoms with Crippen LogP contribution in [0.3, 0.4) is 0 Å². The topological polar surface area (TPSA) is 21.3 Å². The molecule has 17 heavy (non-hydrogen) atoms. The fourth-order valence-corrected chi connectivity index (χ4v) is 3.70. The highest BCUT2D eigenvalue weighted by Crippen LogP contribution is 2.41. The first-order chi connectivity index (χ1) is 8.32. The summed E-state index contributed by atoms with van der Waals surface area (Å²) in [5, 5.41) is 8.04. The van der Waals surface area contributed by atoms with Gasteiger partial charge >= 0.3 is 0 Å². The Balaban J connectivity index is 2.23. The van der Waals surface area contributed by atoms with Crippen LogP contribution in [0.5, 0.6) is 0 Å². The second-order valence-corrected chi connectivity index (χ2v) is 5.66. The highest BCUT2D eigenvalue weighted by Gasteiger charge is 2.40. The lowest BCUT2D eigenvalue weighted by molar-refractivity contribution is -0.0683. The third kappa shape index (κ3) is 2.72. The first-order valence-electron chi connectivity index (χ1n) is 6.63. The van der Waals surface area contributed by atoms with Crippen molar-refractivity contribution in [2.45, 2.75) is 50.7 Å². The Kier molecular flexibility index (Phi) is 4.60. The van der Waals surface area contributed by atoms with E-state index in [0.29, 0.717) is 6.04 Å². The van der Waals surface area contributed by atoms with E-state index >= 15 is 0 Å². The fraction of sp³-hybridized carbons (Fsp3) is 0.714. The van der Waals surface area contributed by atoms with Crippen LogP contribution in [0.4, 0.5) is 0 Å². The minimum atomic E-state index is 0.00926. The molecule has 1 aromatic rings. The molecule has 1 atom stereocenters. The first kappa shape index (κ1) is 13.1. The van der Waals surface area contributed by atoms with Crippen LogP contribution in [-0.2, 0) is 4.74 Å². The predicted octanol–water partition coefficient (Wildman–Crippen LogP) is 3.75. The zero-order valence-corrected chi connectivity index (χ0v) is 11.7. The number of methoxy groups -OCH3 is 1. The van der Waals surface area contributed by atoms with Crippen molar-refractivity contribution in [3.63, 3.8) is 0 Å². The van der Waals surface area contributed by atoms with Crippen molar-refractivity contribution < 1.29 is 4.74 Å². The van der Waals surface area contributed by atoms with Gasteiger partial charge in [0.1, 0.15) is 0 Å². The summed E-state index contributed by atoms with van der Waals surface area (Å²) in [4.78, 5) is 0. The summed E-state index contributed by atoms with van der Waals surface area (Å²) in [5.74, 6) is 0. The maximum atomic E-state index is 5.96. The normalized spacial score (nSPS) is 21.3. The smallest absolute Gasteiger partial charge is 0.0872 e. The SMILES string of the molecule is CCNC(c1ccsc1)C1(OC)CCCCC1. The molecule has 0 aliphatic heterocycles. The number of likely N-dealkylation sites (N-methyl/N-ethyl adjacent to an activating group) is 1. The summed E-state index contributed by atoms with van der Waals surface area (Å²) in [6, 6.07) is 2.58. The van der Waals surface area contributed by atoms with E-state index < -0.39 is 0 Å². The van der Waals surface area contributed by atoms with E-state index in [1.807, 2.05) is 7.11 Å². The summed E-state index contributed by atoms with van der Waals surface area (Å²) in [6.07, 6.45) is 6.29. The van der Waals surface area contributed by atoms with Crippen LogP contribution in [0.1, 0.15) is 50.6 Å². The van der Waals surface area contributed by atoms with Crippen molar-refractivity contribution in [2.75, 3.05) is 13.7 Å². The Morgan fingerprint density at radius 3 is 2.71 bits per heavy atom. The summed E-state index contributed by atoms with van der Waals surface area (Å²) < 4.78 is 5.96. The molecule has 1 N–H and O–H groups in total. The van der Waals surface area contributed by atoms with Gasteiger partial charge in [-0.2, -0.15) is 11.3 Å². The molecule has 1 unspecified atom stereocenters. The minimum Gasteiger partial charge on any atom is -0.376 e. The van der Waals surface area contributed by atoms with Gasteiger partial charge in [-0.15, -0.1) is 0 Å². The Bertz CT molecular complexity index is 317. The monoisotopic (exact) mass is 253 g/mol. The Morgan fingerprint density at radius 2 is 2.18 bits per heavy atom. The largest absolute Gasteiger partial charge is 0.376 e. The summed E-state index contributed by atoms with van der Waals surface area (Å²) >= 11 is 1.77. The number of hydrogen-bond donors (Lipinski definition) is 1. The highest BCUT2D eigenvalue weighted by molar-refractivity contribution is 7.07. The third-order valence-electron chi connectivity index (χ3n) is 3.92. The molecule has 0 radical (unpaired) electrons. The van der Waals surface area contributed by atoms with Crippen LogP contribution in [-0.4, -0.2) is 19.3 Å². The van der Waals surface area contributed by atoms with Crippen molar-refractivity contribution in [1.82, 2.24) is 5.32 Å². The predicted molar refractivity (Wildman–Crippen MR) is 73.6 cm³/mol. The van der Waals surface area contributed by atoms with Gasteiger partial charge in [0.05, 0.1) is 11.6 Å². The van der Waals surface area contributed by atoms with Gasteiger partial charge in [0, 0.05) is 7.11 Å². The van der Waals surface area contributed by atoms with Crippen molar-refractivity contribution in [2.24, 2.45) is 0 Å². The number of ether oxygens (including phenoxy) is 1. The van der Waals surface area contributed by atoms with Gasteiger partial charge in [-0.1, -0.05) is 26.2 Å². The van der Waals surface area contributed by atoms with Gasteiger partial charge in [0.25, 0.3) is 0 Å². The summed E-state index contributed by atoms with van der Waals surface area (Å²) in [6.45, 7) is 3.16. The molecular weight excluding hydrogens is 230 g/mol. The van der Waals surface area contributed by atoms with Crippen LogP contribution in [0.2, 0.25) is 0 Å². The molecule has 96 valence electrons. The maximum absolute atomic E-state index is 5.96. The lowest BCUT2D eigenvalue weighted by Gasteiger charge is -2.42. The molecule has 1 aromatic heterocycles. The molecule has 1 fully saturated rings. The Morgan fingerprint density at radius 1 is 1.41 bits per heavy atom. The number of rotatable bonds is 5. The maximum Gasteiger partial charge on any atom is 0.0872 e. The average molecular weight is 253 g/mol. The van der Waals surface area contributed by atoms with Gasteiger partial charge in [0.15, 0.2) is 0 Å². The lowest BCUT2D eigenvalue weighted by Crippen LogP contribution is -2.46.